The highest BCUT2D eigenvalue weighted by molar-refractivity contribution is 6.46. The first-order valence-electron chi connectivity index (χ1n) is 17.2. The number of carbonyl (C=O) groups is 4. The average Bonchev–Trinajstić information content (AvgIpc) is 3.40. The maximum absolute atomic E-state index is 15.7. The molecule has 0 spiro atoms. The van der Waals surface area contributed by atoms with Gasteiger partial charge >= 0.3 is 11.9 Å². The van der Waals surface area contributed by atoms with Crippen LogP contribution in [-0.2, 0) is 25.1 Å². The van der Waals surface area contributed by atoms with E-state index in [1.54, 1.807) is 24.8 Å². The molecule has 0 unspecified atom stereocenters. The lowest BCUT2D eigenvalue weighted by Crippen LogP contribution is -2.55. The Kier molecular flexibility index (Phi) is 13.7. The number of hydrogen-bond acceptors (Lipinski definition) is 8. The van der Waals surface area contributed by atoms with Gasteiger partial charge in [0.2, 0.25) is 17.7 Å². The van der Waals surface area contributed by atoms with Crippen LogP contribution in [0.25, 0.3) is 0 Å². The Hall–Kier alpha value is -4.05. The van der Waals surface area contributed by atoms with E-state index in [0.29, 0.717) is 44.6 Å². The Balaban J connectivity index is 1.49. The van der Waals surface area contributed by atoms with Crippen molar-refractivity contribution in [1.82, 2.24) is 30.1 Å². The molecule has 1 aliphatic heterocycles. The topological polar surface area (TPSA) is 146 Å². The monoisotopic (exact) mass is 719 g/mol. The molecule has 2 fully saturated rings. The molecule has 1 aromatic carbocycles. The molecular weight excluding hydrogens is 671 g/mol. The molecular formula is C34H48F3N7O5Si. The van der Waals surface area contributed by atoms with Crippen molar-refractivity contribution in [2.75, 3.05) is 45.7 Å². The molecule has 1 saturated heterocycles. The van der Waals surface area contributed by atoms with Gasteiger partial charge in [0.1, 0.15) is 21.5 Å². The van der Waals surface area contributed by atoms with Crippen LogP contribution in [0, 0.1) is 11.7 Å². The number of amides is 4. The Labute approximate surface area is 293 Å². The molecule has 1 saturated carbocycles. The highest BCUT2D eigenvalue weighted by Crippen LogP contribution is 2.34. The second kappa shape index (κ2) is 17.7. The van der Waals surface area contributed by atoms with Gasteiger partial charge in [0.05, 0.1) is 18.4 Å². The molecule has 12 nitrogen and oxygen atoms in total. The Morgan fingerprint density at radius 2 is 1.68 bits per heavy atom. The van der Waals surface area contributed by atoms with Gasteiger partial charge in [-0.25, -0.2) is 14.4 Å². The minimum atomic E-state index is -3.94. The maximum Gasteiger partial charge on any atom is 0.351 e. The zero-order valence-corrected chi connectivity index (χ0v) is 30.6. The molecule has 4 amide bonds. The van der Waals surface area contributed by atoms with Gasteiger partial charge in [0.25, 0.3) is 5.91 Å². The number of nitrogens with zero attached hydrogens (tertiary/aromatic N) is 4. The van der Waals surface area contributed by atoms with Gasteiger partial charge in [-0.15, -0.1) is 0 Å². The summed E-state index contributed by atoms with van der Waals surface area (Å²) in [6.07, 6.45) is 6.89. The number of benzene rings is 1. The number of nitrogens with one attached hydrogen (secondary N) is 3. The second-order valence-corrected chi connectivity index (χ2v) is 14.8. The quantitative estimate of drug-likeness (QED) is 0.212. The molecule has 0 radical (unpaired) electrons. The number of hydrogen-bond donors (Lipinski definition) is 3. The molecule has 3 atom stereocenters. The number of piperazine rings is 1. The number of ether oxygens (including phenoxy) is 1. The van der Waals surface area contributed by atoms with E-state index in [1.807, 2.05) is 7.05 Å². The standard InChI is InChI=1S/C34H48F3N7O5Si/c1-5-27(45)41-28(31(47)44-16-14-43(3)15-17-44)21(2)23-12-13-26(25(35)18-23)40-30(46)29(22-10-8-6-7-9-11-22)50-42-32(48)34(36,37)24-19-38-33(49-4)39-20-24/h12-13,18-22,28-29H,5-11,14-17,50H2,1-4H3,(H,40,46)(H,41,45)(H,42,48)/t21-,28+,29-/m0/s1. The summed E-state index contributed by atoms with van der Waals surface area (Å²) in [6, 6.07) is 3.20. The molecule has 274 valence electrons. The lowest BCUT2D eigenvalue weighted by Gasteiger charge is -2.36. The van der Waals surface area contributed by atoms with Crippen LogP contribution >= 0.6 is 0 Å². The minimum absolute atomic E-state index is 0.106. The van der Waals surface area contributed by atoms with E-state index in [1.165, 1.54) is 19.2 Å². The van der Waals surface area contributed by atoms with Crippen LogP contribution in [0.5, 0.6) is 6.01 Å². The number of methoxy groups -OCH3 is 1. The van der Waals surface area contributed by atoms with Gasteiger partial charge in [-0.3, -0.25) is 19.2 Å². The molecule has 4 rings (SSSR count). The van der Waals surface area contributed by atoms with Crippen molar-refractivity contribution >= 4 is 39.0 Å². The third-order valence-electron chi connectivity index (χ3n) is 9.74. The molecule has 1 aliphatic carbocycles. The fourth-order valence-corrected chi connectivity index (χ4v) is 8.17. The summed E-state index contributed by atoms with van der Waals surface area (Å²) in [5.74, 6) is -8.07. The fraction of sp³-hybridized carbons (Fsp3) is 0.588. The number of rotatable bonds is 13. The molecule has 50 heavy (non-hydrogen) atoms. The van der Waals surface area contributed by atoms with E-state index in [9.17, 15) is 19.2 Å². The van der Waals surface area contributed by atoms with Crippen molar-refractivity contribution in [1.29, 1.82) is 0 Å². The van der Waals surface area contributed by atoms with E-state index < -0.39 is 56.3 Å². The van der Waals surface area contributed by atoms with Crippen LogP contribution in [0.1, 0.15) is 75.8 Å². The van der Waals surface area contributed by atoms with Gasteiger partial charge in [-0.2, -0.15) is 8.78 Å². The third-order valence-corrected chi connectivity index (χ3v) is 11.7. The van der Waals surface area contributed by atoms with E-state index in [2.05, 4.69) is 30.5 Å². The van der Waals surface area contributed by atoms with Crippen molar-refractivity contribution in [2.24, 2.45) is 5.92 Å². The molecule has 3 N–H and O–H groups in total. The first kappa shape index (κ1) is 38.7. The van der Waals surface area contributed by atoms with Crippen molar-refractivity contribution in [2.45, 2.75) is 82.2 Å². The SMILES string of the molecule is CCC(=O)N[C@@H](C(=O)N1CCN(C)CC1)[C@@H](C)c1ccc(NC(=O)[C@@H]([SiH2]NC(=O)C(F)(F)c2cnc(OC)nc2)C2CCCCCC2)c(F)c1. The van der Waals surface area contributed by atoms with E-state index in [4.69, 9.17) is 4.74 Å². The first-order chi connectivity index (χ1) is 23.8. The van der Waals surface area contributed by atoms with Gasteiger partial charge in [-0.05, 0) is 43.5 Å². The van der Waals surface area contributed by atoms with Crippen molar-refractivity contribution in [3.63, 3.8) is 0 Å². The maximum atomic E-state index is 15.7. The number of aromatic nitrogens is 2. The van der Waals surface area contributed by atoms with Gasteiger partial charge in [-0.1, -0.05) is 45.6 Å². The summed E-state index contributed by atoms with van der Waals surface area (Å²) in [4.78, 5) is 66.0. The first-order valence-corrected chi connectivity index (χ1v) is 18.8. The van der Waals surface area contributed by atoms with Crippen LogP contribution < -0.4 is 20.4 Å². The Bertz CT molecular complexity index is 1490. The van der Waals surface area contributed by atoms with Crippen LogP contribution in [0.3, 0.4) is 0 Å². The smallest absolute Gasteiger partial charge is 0.351 e. The van der Waals surface area contributed by atoms with Crippen LogP contribution in [0.4, 0.5) is 18.9 Å². The highest BCUT2D eigenvalue weighted by Gasteiger charge is 2.43. The number of anilines is 1. The van der Waals surface area contributed by atoms with Gasteiger partial charge in [0.15, 0.2) is 0 Å². The number of carbonyl (C=O) groups excluding carboxylic acids is 4. The fourth-order valence-electron chi connectivity index (χ4n) is 6.45. The lowest BCUT2D eigenvalue weighted by molar-refractivity contribution is -0.145. The predicted molar refractivity (Wildman–Crippen MR) is 184 cm³/mol. The van der Waals surface area contributed by atoms with Crippen LogP contribution in [0.15, 0.2) is 30.6 Å². The van der Waals surface area contributed by atoms with E-state index in [-0.39, 0.29) is 35.9 Å². The molecule has 2 aromatic rings. The molecule has 2 aliphatic rings. The lowest BCUT2D eigenvalue weighted by atomic mass is 9.91. The normalized spacial score (nSPS) is 18.2. The largest absolute Gasteiger partial charge is 0.467 e. The van der Waals surface area contributed by atoms with E-state index in [0.717, 1.165) is 38.1 Å². The van der Waals surface area contributed by atoms with Crippen LogP contribution in [0.2, 0.25) is 5.54 Å². The molecule has 16 heteroatoms. The summed E-state index contributed by atoms with van der Waals surface area (Å²) >= 11 is 0. The van der Waals surface area contributed by atoms with Crippen molar-refractivity contribution in [3.05, 3.63) is 47.5 Å². The minimum Gasteiger partial charge on any atom is -0.467 e. The summed E-state index contributed by atoms with van der Waals surface area (Å²) in [5.41, 5.74) is -1.13. The van der Waals surface area contributed by atoms with Gasteiger partial charge < -0.3 is 30.2 Å². The number of likely N-dealkylation sites (N-methyl/N-ethyl adjacent to an activating group) is 1. The summed E-state index contributed by atoms with van der Waals surface area (Å²) < 4.78 is 50.6. The third kappa shape index (κ3) is 9.80. The average molecular weight is 720 g/mol. The number of halogens is 3. The zero-order chi connectivity index (χ0) is 36.4. The van der Waals surface area contributed by atoms with Gasteiger partial charge in [0, 0.05) is 56.5 Å². The second-order valence-electron chi connectivity index (χ2n) is 13.1. The Morgan fingerprint density at radius 1 is 1.04 bits per heavy atom. The molecule has 2 heterocycles. The van der Waals surface area contributed by atoms with Crippen LogP contribution in [-0.4, -0.2) is 99.5 Å². The predicted octanol–water partition coefficient (Wildman–Crippen LogP) is 3.09. The summed E-state index contributed by atoms with van der Waals surface area (Å²) in [7, 11) is 1.27. The Morgan fingerprint density at radius 3 is 2.26 bits per heavy atom. The van der Waals surface area contributed by atoms with Crippen molar-refractivity contribution < 1.29 is 37.1 Å². The van der Waals surface area contributed by atoms with Crippen molar-refractivity contribution in [3.8, 4) is 6.01 Å². The zero-order valence-electron chi connectivity index (χ0n) is 29.1. The van der Waals surface area contributed by atoms with E-state index >= 15 is 13.2 Å². The summed E-state index contributed by atoms with van der Waals surface area (Å²) in [6.45, 7) is 5.86. The molecule has 0 bridgehead atoms. The molecule has 1 aromatic heterocycles. The number of alkyl halides is 2. The summed E-state index contributed by atoms with van der Waals surface area (Å²) in [5, 5.41) is 5.46. The highest BCUT2D eigenvalue weighted by atomic mass is 28.2.